The first-order chi connectivity index (χ1) is 12.7. The highest BCUT2D eigenvalue weighted by Crippen LogP contribution is 2.48. The summed E-state index contributed by atoms with van der Waals surface area (Å²) in [5, 5.41) is 0.585. The van der Waals surface area contributed by atoms with E-state index in [1.165, 1.54) is 0 Å². The molecule has 0 aliphatic carbocycles. The van der Waals surface area contributed by atoms with E-state index >= 15 is 0 Å². The molecule has 0 spiro atoms. The van der Waals surface area contributed by atoms with Crippen molar-refractivity contribution in [2.45, 2.75) is 12.8 Å². The molecular weight excluding hydrogens is 343 g/mol. The van der Waals surface area contributed by atoms with Gasteiger partial charge in [0.1, 0.15) is 0 Å². The molecule has 1 unspecified atom stereocenters. The maximum absolute atomic E-state index is 13.3. The Morgan fingerprint density at radius 3 is 1.65 bits per heavy atom. The Morgan fingerprint density at radius 2 is 1.19 bits per heavy atom. The van der Waals surface area contributed by atoms with Crippen molar-refractivity contribution in [3.8, 4) is 0 Å². The first kappa shape index (κ1) is 18.6. The van der Waals surface area contributed by atoms with Gasteiger partial charge in [-0.15, -0.1) is 0 Å². The Balaban J connectivity index is 1.88. The first-order valence-corrected chi connectivity index (χ1v) is 10.3. The summed E-state index contributed by atoms with van der Waals surface area (Å²) in [5.74, 6) is -0.0186. The number of hydrogen-bond acceptors (Lipinski definition) is 3. The summed E-state index contributed by atoms with van der Waals surface area (Å²) < 4.78 is 24.9. The molecule has 0 aliphatic heterocycles. The molecule has 0 aliphatic rings. The molecule has 0 fully saturated rings. The monoisotopic (exact) mass is 366 g/mol. The number of rotatable bonds is 8. The zero-order valence-electron chi connectivity index (χ0n) is 14.8. The smallest absolute Gasteiger partial charge is 0.305 e. The fourth-order valence-electron chi connectivity index (χ4n) is 2.90. The van der Waals surface area contributed by atoms with Gasteiger partial charge in [0, 0.05) is 5.92 Å². The van der Waals surface area contributed by atoms with Crippen LogP contribution in [0.2, 0.25) is 0 Å². The number of hydrogen-bond donors (Lipinski definition) is 0. The molecule has 3 rings (SSSR count). The van der Waals surface area contributed by atoms with Gasteiger partial charge in [-0.05, 0) is 30.2 Å². The summed E-state index contributed by atoms with van der Waals surface area (Å²) in [7, 11) is -3.37. The van der Waals surface area contributed by atoms with Crippen molar-refractivity contribution in [1.82, 2.24) is 0 Å². The highest BCUT2D eigenvalue weighted by atomic mass is 31.2. The van der Waals surface area contributed by atoms with E-state index < -0.39 is 7.60 Å². The lowest BCUT2D eigenvalue weighted by atomic mass is 9.92. The molecule has 0 amide bonds. The quantitative estimate of drug-likeness (QED) is 0.502. The van der Waals surface area contributed by atoms with E-state index in [-0.39, 0.29) is 12.5 Å². The summed E-state index contributed by atoms with van der Waals surface area (Å²) in [6.45, 7) is 2.43. The number of benzene rings is 3. The molecule has 0 aromatic heterocycles. The van der Waals surface area contributed by atoms with Crippen molar-refractivity contribution in [2.24, 2.45) is 0 Å². The molecule has 4 heteroatoms. The summed E-state index contributed by atoms with van der Waals surface area (Å²) >= 11 is 0. The van der Waals surface area contributed by atoms with Crippen LogP contribution < -0.4 is 5.30 Å². The SMILES string of the molecule is CCOP(=O)(OCC(c1ccccc1)c1ccccc1)c1ccccc1. The van der Waals surface area contributed by atoms with Crippen molar-refractivity contribution in [3.05, 3.63) is 102 Å². The Kier molecular flexibility index (Phi) is 6.40. The molecule has 0 radical (unpaired) electrons. The molecule has 3 aromatic rings. The average Bonchev–Trinajstić information content (AvgIpc) is 2.71. The van der Waals surface area contributed by atoms with Crippen LogP contribution in [0.15, 0.2) is 91.0 Å². The molecule has 0 saturated heterocycles. The van der Waals surface area contributed by atoms with Gasteiger partial charge in [-0.1, -0.05) is 78.9 Å². The average molecular weight is 366 g/mol. The van der Waals surface area contributed by atoms with Crippen LogP contribution in [0, 0.1) is 0 Å². The highest BCUT2D eigenvalue weighted by molar-refractivity contribution is 7.62. The zero-order valence-corrected chi connectivity index (χ0v) is 15.7. The Morgan fingerprint density at radius 1 is 0.731 bits per heavy atom. The third kappa shape index (κ3) is 4.50. The highest BCUT2D eigenvalue weighted by Gasteiger charge is 2.29. The van der Waals surface area contributed by atoms with E-state index in [2.05, 4.69) is 24.3 Å². The van der Waals surface area contributed by atoms with Crippen molar-refractivity contribution < 1.29 is 13.6 Å². The Bertz CT molecular complexity index is 796. The standard InChI is InChI=1S/C22H23O3P/c1-2-24-26(23,21-16-10-5-11-17-21)25-18-22(19-12-6-3-7-13-19)20-14-8-4-9-15-20/h3-17,22H,2,18H2,1H3. The zero-order chi connectivity index (χ0) is 18.2. The molecule has 3 aromatic carbocycles. The lowest BCUT2D eigenvalue weighted by Crippen LogP contribution is -2.15. The van der Waals surface area contributed by atoms with Crippen LogP contribution in [0.5, 0.6) is 0 Å². The van der Waals surface area contributed by atoms with E-state index in [9.17, 15) is 4.57 Å². The van der Waals surface area contributed by atoms with E-state index in [1.807, 2.05) is 61.5 Å². The lowest BCUT2D eigenvalue weighted by Gasteiger charge is -2.23. The minimum absolute atomic E-state index is 0.0186. The van der Waals surface area contributed by atoms with Gasteiger partial charge in [-0.25, -0.2) is 0 Å². The van der Waals surface area contributed by atoms with E-state index in [1.54, 1.807) is 12.1 Å². The van der Waals surface area contributed by atoms with Crippen LogP contribution in [0.25, 0.3) is 0 Å². The predicted octanol–water partition coefficient (Wildman–Crippen LogP) is 5.39. The maximum Gasteiger partial charge on any atom is 0.361 e. The minimum atomic E-state index is -3.37. The summed E-state index contributed by atoms with van der Waals surface area (Å²) in [5.41, 5.74) is 2.24. The molecule has 0 saturated carbocycles. The largest absolute Gasteiger partial charge is 0.361 e. The van der Waals surface area contributed by atoms with Gasteiger partial charge >= 0.3 is 7.60 Å². The molecule has 26 heavy (non-hydrogen) atoms. The van der Waals surface area contributed by atoms with Crippen molar-refractivity contribution in [1.29, 1.82) is 0 Å². The summed E-state index contributed by atoms with van der Waals surface area (Å²) in [6.07, 6.45) is 0. The third-order valence-electron chi connectivity index (χ3n) is 4.19. The lowest BCUT2D eigenvalue weighted by molar-refractivity contribution is 0.215. The molecule has 0 heterocycles. The van der Waals surface area contributed by atoms with Crippen molar-refractivity contribution >= 4 is 12.9 Å². The topological polar surface area (TPSA) is 35.5 Å². The molecule has 0 N–H and O–H groups in total. The van der Waals surface area contributed by atoms with Gasteiger partial charge in [0.05, 0.1) is 18.5 Å². The molecule has 134 valence electrons. The third-order valence-corrected chi connectivity index (χ3v) is 6.20. The molecule has 0 bridgehead atoms. The fraction of sp³-hybridized carbons (Fsp3) is 0.182. The Hall–Kier alpha value is -2.19. The van der Waals surface area contributed by atoms with E-state index in [0.717, 1.165) is 11.1 Å². The van der Waals surface area contributed by atoms with Crippen LogP contribution in [0.4, 0.5) is 0 Å². The maximum atomic E-state index is 13.3. The molecule has 3 nitrogen and oxygen atoms in total. The first-order valence-electron chi connectivity index (χ1n) is 8.77. The molecular formula is C22H23O3P. The Labute approximate surface area is 155 Å². The van der Waals surface area contributed by atoms with Crippen LogP contribution in [0.1, 0.15) is 24.0 Å². The van der Waals surface area contributed by atoms with Gasteiger partial charge in [0.2, 0.25) is 0 Å². The van der Waals surface area contributed by atoms with Crippen LogP contribution >= 0.6 is 7.60 Å². The van der Waals surface area contributed by atoms with Gasteiger partial charge in [-0.3, -0.25) is 4.57 Å². The van der Waals surface area contributed by atoms with Crippen molar-refractivity contribution in [2.75, 3.05) is 13.2 Å². The second kappa shape index (κ2) is 8.95. The van der Waals surface area contributed by atoms with Gasteiger partial charge in [0.25, 0.3) is 0 Å². The van der Waals surface area contributed by atoms with Gasteiger partial charge < -0.3 is 9.05 Å². The summed E-state index contributed by atoms with van der Waals surface area (Å²) in [6, 6.07) is 29.4. The molecule has 1 atom stereocenters. The van der Waals surface area contributed by atoms with Gasteiger partial charge in [0.15, 0.2) is 0 Å². The minimum Gasteiger partial charge on any atom is -0.305 e. The van der Waals surface area contributed by atoms with Crippen molar-refractivity contribution in [3.63, 3.8) is 0 Å². The van der Waals surface area contributed by atoms with Crippen LogP contribution in [0.3, 0.4) is 0 Å². The second-order valence-corrected chi connectivity index (χ2v) is 7.95. The second-order valence-electron chi connectivity index (χ2n) is 5.92. The van der Waals surface area contributed by atoms with Crippen LogP contribution in [-0.2, 0) is 13.6 Å². The summed E-state index contributed by atoms with van der Waals surface area (Å²) in [4.78, 5) is 0. The van der Waals surface area contributed by atoms with E-state index in [0.29, 0.717) is 11.9 Å². The van der Waals surface area contributed by atoms with Crippen LogP contribution in [-0.4, -0.2) is 13.2 Å². The van der Waals surface area contributed by atoms with Gasteiger partial charge in [-0.2, -0.15) is 0 Å². The fourth-order valence-corrected chi connectivity index (χ4v) is 4.49. The van der Waals surface area contributed by atoms with E-state index in [4.69, 9.17) is 9.05 Å². The normalized spacial score (nSPS) is 13.5. The predicted molar refractivity (Wildman–Crippen MR) is 106 cm³/mol.